The first-order valence-electron chi connectivity index (χ1n) is 5.09. The summed E-state index contributed by atoms with van der Waals surface area (Å²) in [5.74, 6) is -0.987. The van der Waals surface area contributed by atoms with E-state index >= 15 is 0 Å². The van der Waals surface area contributed by atoms with Crippen LogP contribution < -0.4 is 0 Å². The highest BCUT2D eigenvalue weighted by molar-refractivity contribution is 7.99. The molecule has 0 aromatic heterocycles. The summed E-state index contributed by atoms with van der Waals surface area (Å²) in [5, 5.41) is 27.6. The molecule has 0 radical (unpaired) electrons. The number of carboxylic acid groups (broad SMARTS) is 1. The SMILES string of the molecule is O=C(O)c1ccc(Sc2ccc(O)cc2O)cc1. The standard InChI is InChI=1S/C13H10O4S/c14-9-3-6-12(11(15)7-9)18-10-4-1-8(2-5-10)13(16)17/h1-7,14-15H,(H,16,17). The molecular formula is C13H10O4S. The van der Waals surface area contributed by atoms with Crippen molar-refractivity contribution < 1.29 is 20.1 Å². The number of aromatic hydroxyl groups is 2. The van der Waals surface area contributed by atoms with Gasteiger partial charge in [-0.05, 0) is 36.4 Å². The van der Waals surface area contributed by atoms with Crippen molar-refractivity contribution in [2.45, 2.75) is 9.79 Å². The Labute approximate surface area is 108 Å². The summed E-state index contributed by atoms with van der Waals surface area (Å²) in [7, 11) is 0. The zero-order valence-electron chi connectivity index (χ0n) is 9.20. The van der Waals surface area contributed by atoms with Crippen LogP contribution in [0.1, 0.15) is 10.4 Å². The first-order chi connectivity index (χ1) is 8.56. The lowest BCUT2D eigenvalue weighted by Gasteiger charge is -2.05. The van der Waals surface area contributed by atoms with Crippen molar-refractivity contribution >= 4 is 17.7 Å². The van der Waals surface area contributed by atoms with Crippen molar-refractivity contribution in [2.75, 3.05) is 0 Å². The minimum absolute atomic E-state index is 0.00178. The van der Waals surface area contributed by atoms with Gasteiger partial charge >= 0.3 is 5.97 Å². The van der Waals surface area contributed by atoms with Crippen LogP contribution in [0.3, 0.4) is 0 Å². The lowest BCUT2D eigenvalue weighted by molar-refractivity contribution is 0.0697. The number of hydrogen-bond acceptors (Lipinski definition) is 4. The summed E-state index contributed by atoms with van der Waals surface area (Å²) in [4.78, 5) is 12.1. The second-order valence-electron chi connectivity index (χ2n) is 3.58. The molecule has 0 aliphatic carbocycles. The maximum Gasteiger partial charge on any atom is 0.335 e. The molecule has 0 aliphatic rings. The van der Waals surface area contributed by atoms with Gasteiger partial charge in [0.1, 0.15) is 11.5 Å². The molecule has 0 spiro atoms. The Bertz CT molecular complexity index is 578. The third kappa shape index (κ3) is 2.75. The molecule has 0 saturated carbocycles. The summed E-state index contributed by atoms with van der Waals surface area (Å²) >= 11 is 1.29. The van der Waals surface area contributed by atoms with Gasteiger partial charge in [-0.25, -0.2) is 4.79 Å². The van der Waals surface area contributed by atoms with Crippen molar-refractivity contribution in [2.24, 2.45) is 0 Å². The quantitative estimate of drug-likeness (QED) is 0.792. The fourth-order valence-electron chi connectivity index (χ4n) is 1.38. The first-order valence-corrected chi connectivity index (χ1v) is 5.91. The Morgan fingerprint density at radius 2 is 1.67 bits per heavy atom. The lowest BCUT2D eigenvalue weighted by Crippen LogP contribution is -1.94. The summed E-state index contributed by atoms with van der Waals surface area (Å²) in [6.07, 6.45) is 0. The molecule has 5 heteroatoms. The van der Waals surface area contributed by atoms with Gasteiger partial charge in [0, 0.05) is 11.0 Å². The molecule has 0 bridgehead atoms. The van der Waals surface area contributed by atoms with Crippen molar-refractivity contribution in [1.82, 2.24) is 0 Å². The topological polar surface area (TPSA) is 77.8 Å². The summed E-state index contributed by atoms with van der Waals surface area (Å²) in [6.45, 7) is 0. The lowest BCUT2D eigenvalue weighted by atomic mass is 10.2. The van der Waals surface area contributed by atoms with E-state index in [-0.39, 0.29) is 17.1 Å². The fourth-order valence-corrected chi connectivity index (χ4v) is 2.21. The predicted molar refractivity (Wildman–Crippen MR) is 67.3 cm³/mol. The molecular weight excluding hydrogens is 252 g/mol. The number of hydrogen-bond donors (Lipinski definition) is 3. The van der Waals surface area contributed by atoms with Crippen molar-refractivity contribution in [3.8, 4) is 11.5 Å². The molecule has 0 amide bonds. The second kappa shape index (κ2) is 5.01. The third-order valence-corrected chi connectivity index (χ3v) is 3.34. The second-order valence-corrected chi connectivity index (χ2v) is 4.70. The number of benzene rings is 2. The van der Waals surface area contributed by atoms with E-state index in [0.717, 1.165) is 4.90 Å². The zero-order valence-corrected chi connectivity index (χ0v) is 10.0. The minimum atomic E-state index is -0.973. The van der Waals surface area contributed by atoms with E-state index in [9.17, 15) is 9.90 Å². The van der Waals surface area contributed by atoms with E-state index in [1.807, 2.05) is 0 Å². The summed E-state index contributed by atoms with van der Waals surface area (Å²) in [6, 6.07) is 10.7. The van der Waals surface area contributed by atoms with Crippen molar-refractivity contribution in [3.63, 3.8) is 0 Å². The minimum Gasteiger partial charge on any atom is -0.508 e. The molecule has 4 nitrogen and oxygen atoms in total. The van der Waals surface area contributed by atoms with E-state index in [4.69, 9.17) is 10.2 Å². The Morgan fingerprint density at radius 3 is 2.22 bits per heavy atom. The van der Waals surface area contributed by atoms with Gasteiger partial charge < -0.3 is 15.3 Å². The van der Waals surface area contributed by atoms with Gasteiger partial charge in [-0.1, -0.05) is 11.8 Å². The van der Waals surface area contributed by atoms with Crippen LogP contribution in [0.5, 0.6) is 11.5 Å². The molecule has 0 atom stereocenters. The number of carboxylic acids is 1. The molecule has 18 heavy (non-hydrogen) atoms. The van der Waals surface area contributed by atoms with Crippen LogP contribution in [0, 0.1) is 0 Å². The molecule has 0 fully saturated rings. The zero-order chi connectivity index (χ0) is 13.1. The Kier molecular flexibility index (Phi) is 3.43. The summed E-state index contributed by atoms with van der Waals surface area (Å²) < 4.78 is 0. The maximum absolute atomic E-state index is 10.7. The fraction of sp³-hybridized carbons (Fsp3) is 0. The average Bonchev–Trinajstić information content (AvgIpc) is 2.33. The average molecular weight is 262 g/mol. The van der Waals surface area contributed by atoms with Gasteiger partial charge in [0.25, 0.3) is 0 Å². The molecule has 2 aromatic carbocycles. The van der Waals surface area contributed by atoms with Gasteiger partial charge in [0.15, 0.2) is 0 Å². The molecule has 0 aliphatic heterocycles. The van der Waals surface area contributed by atoms with E-state index in [1.54, 1.807) is 18.2 Å². The Morgan fingerprint density at radius 1 is 1.00 bits per heavy atom. The van der Waals surface area contributed by atoms with Gasteiger partial charge in [0.2, 0.25) is 0 Å². The van der Waals surface area contributed by atoms with Gasteiger partial charge in [-0.2, -0.15) is 0 Å². The Hall–Kier alpha value is -2.14. The van der Waals surface area contributed by atoms with Crippen LogP contribution in [-0.4, -0.2) is 21.3 Å². The van der Waals surface area contributed by atoms with Gasteiger partial charge in [-0.3, -0.25) is 0 Å². The number of phenols is 2. The molecule has 3 N–H and O–H groups in total. The van der Waals surface area contributed by atoms with E-state index < -0.39 is 5.97 Å². The normalized spacial score (nSPS) is 10.2. The van der Waals surface area contributed by atoms with Crippen LogP contribution in [0.4, 0.5) is 0 Å². The number of aromatic carboxylic acids is 1. The van der Waals surface area contributed by atoms with E-state index in [0.29, 0.717) is 4.90 Å². The highest BCUT2D eigenvalue weighted by atomic mass is 32.2. The number of phenolic OH excluding ortho intramolecular Hbond substituents is 2. The largest absolute Gasteiger partial charge is 0.508 e. The van der Waals surface area contributed by atoms with Crippen LogP contribution in [0.2, 0.25) is 0 Å². The Balaban J connectivity index is 2.21. The maximum atomic E-state index is 10.7. The van der Waals surface area contributed by atoms with Crippen molar-refractivity contribution in [3.05, 3.63) is 48.0 Å². The third-order valence-electron chi connectivity index (χ3n) is 2.27. The highest BCUT2D eigenvalue weighted by Gasteiger charge is 2.06. The first kappa shape index (κ1) is 12.3. The highest BCUT2D eigenvalue weighted by Crippen LogP contribution is 2.36. The molecule has 2 rings (SSSR count). The van der Waals surface area contributed by atoms with E-state index in [2.05, 4.69) is 0 Å². The van der Waals surface area contributed by atoms with Crippen LogP contribution in [0.25, 0.3) is 0 Å². The van der Waals surface area contributed by atoms with Crippen LogP contribution in [-0.2, 0) is 0 Å². The van der Waals surface area contributed by atoms with Crippen molar-refractivity contribution in [1.29, 1.82) is 0 Å². The van der Waals surface area contributed by atoms with E-state index in [1.165, 1.54) is 36.0 Å². The molecule has 0 heterocycles. The number of carbonyl (C=O) groups is 1. The summed E-state index contributed by atoms with van der Waals surface area (Å²) in [5.41, 5.74) is 0.217. The molecule has 2 aromatic rings. The molecule has 0 saturated heterocycles. The van der Waals surface area contributed by atoms with Crippen LogP contribution in [0.15, 0.2) is 52.3 Å². The van der Waals surface area contributed by atoms with Crippen LogP contribution >= 0.6 is 11.8 Å². The predicted octanol–water partition coefficient (Wildman–Crippen LogP) is 2.95. The molecule has 92 valence electrons. The smallest absolute Gasteiger partial charge is 0.335 e. The number of rotatable bonds is 3. The molecule has 0 unspecified atom stereocenters. The monoisotopic (exact) mass is 262 g/mol. The van der Waals surface area contributed by atoms with Gasteiger partial charge in [0.05, 0.1) is 10.5 Å². The van der Waals surface area contributed by atoms with Gasteiger partial charge in [-0.15, -0.1) is 0 Å².